The topological polar surface area (TPSA) is 17.0 Å². The molecular formula is C13H12ClF3N2. The number of anilines is 1. The van der Waals surface area contributed by atoms with Crippen LogP contribution < -0.4 is 5.32 Å². The number of alkyl halides is 3. The molecule has 0 atom stereocenters. The number of halogens is 4. The lowest BCUT2D eigenvalue weighted by atomic mass is 10.2. The lowest BCUT2D eigenvalue weighted by Gasteiger charge is -2.12. The molecule has 1 heterocycles. The van der Waals surface area contributed by atoms with Crippen LogP contribution in [0.4, 0.5) is 18.9 Å². The molecule has 0 saturated heterocycles. The van der Waals surface area contributed by atoms with Gasteiger partial charge in [-0.25, -0.2) is 0 Å². The molecule has 0 saturated carbocycles. The molecule has 2 nitrogen and oxygen atoms in total. The normalized spacial score (nSPS) is 11.6. The zero-order valence-electron chi connectivity index (χ0n) is 10.1. The average molecular weight is 289 g/mol. The summed E-state index contributed by atoms with van der Waals surface area (Å²) in [5.74, 6) is 0. The van der Waals surface area contributed by atoms with Gasteiger partial charge in [-0.05, 0) is 30.3 Å². The van der Waals surface area contributed by atoms with Gasteiger partial charge in [0, 0.05) is 24.6 Å². The molecule has 0 unspecified atom stereocenters. The molecule has 0 fully saturated rings. The standard InChI is InChI=1S/C13H12ClF3N2/c1-19-6-2-3-10(19)8-18-9-4-5-12(14)11(7-9)13(15,16)17/h2-7,18H,8H2,1H3. The largest absolute Gasteiger partial charge is 0.417 e. The summed E-state index contributed by atoms with van der Waals surface area (Å²) in [7, 11) is 1.88. The molecule has 19 heavy (non-hydrogen) atoms. The Kier molecular flexibility index (Phi) is 3.75. The van der Waals surface area contributed by atoms with Crippen molar-refractivity contribution < 1.29 is 13.2 Å². The summed E-state index contributed by atoms with van der Waals surface area (Å²) < 4.78 is 40.0. The third kappa shape index (κ3) is 3.23. The van der Waals surface area contributed by atoms with E-state index >= 15 is 0 Å². The molecule has 0 spiro atoms. The van der Waals surface area contributed by atoms with Gasteiger partial charge in [0.15, 0.2) is 0 Å². The van der Waals surface area contributed by atoms with E-state index in [1.165, 1.54) is 12.1 Å². The van der Waals surface area contributed by atoms with Gasteiger partial charge >= 0.3 is 6.18 Å². The van der Waals surface area contributed by atoms with Crippen LogP contribution in [0.25, 0.3) is 0 Å². The van der Waals surface area contributed by atoms with Crippen molar-refractivity contribution in [3.63, 3.8) is 0 Å². The van der Waals surface area contributed by atoms with Crippen LogP contribution in [-0.2, 0) is 19.8 Å². The van der Waals surface area contributed by atoms with Gasteiger partial charge in [0.2, 0.25) is 0 Å². The Hall–Kier alpha value is -1.62. The number of aromatic nitrogens is 1. The van der Waals surface area contributed by atoms with Crippen LogP contribution in [0.1, 0.15) is 11.3 Å². The maximum Gasteiger partial charge on any atom is 0.417 e. The van der Waals surface area contributed by atoms with Crippen molar-refractivity contribution in [2.75, 3.05) is 5.32 Å². The van der Waals surface area contributed by atoms with Gasteiger partial charge in [-0.2, -0.15) is 13.2 Å². The number of hydrogen-bond donors (Lipinski definition) is 1. The quantitative estimate of drug-likeness (QED) is 0.890. The molecule has 2 rings (SSSR count). The van der Waals surface area contributed by atoms with Gasteiger partial charge in [-0.15, -0.1) is 0 Å². The fourth-order valence-corrected chi connectivity index (χ4v) is 1.95. The predicted molar refractivity (Wildman–Crippen MR) is 69.2 cm³/mol. The summed E-state index contributed by atoms with van der Waals surface area (Å²) in [6, 6.07) is 7.57. The maximum atomic E-state index is 12.7. The van der Waals surface area contributed by atoms with Gasteiger partial charge in [0.05, 0.1) is 17.1 Å². The Morgan fingerprint density at radius 1 is 1.26 bits per heavy atom. The summed E-state index contributed by atoms with van der Waals surface area (Å²) in [5, 5.41) is 2.65. The van der Waals surface area contributed by atoms with E-state index in [-0.39, 0.29) is 5.02 Å². The Labute approximate surface area is 113 Å². The minimum absolute atomic E-state index is 0.295. The van der Waals surface area contributed by atoms with E-state index < -0.39 is 11.7 Å². The third-order valence-electron chi connectivity index (χ3n) is 2.80. The summed E-state index contributed by atoms with van der Waals surface area (Å²) in [6.45, 7) is 0.447. The lowest BCUT2D eigenvalue weighted by molar-refractivity contribution is -0.137. The van der Waals surface area contributed by atoms with Crippen molar-refractivity contribution in [2.24, 2.45) is 7.05 Å². The molecule has 0 aliphatic heterocycles. The molecule has 0 aliphatic rings. The van der Waals surface area contributed by atoms with Crippen molar-refractivity contribution in [1.29, 1.82) is 0 Å². The SMILES string of the molecule is Cn1cccc1CNc1ccc(Cl)c(C(F)(F)F)c1. The molecule has 0 aliphatic carbocycles. The minimum atomic E-state index is -4.44. The van der Waals surface area contributed by atoms with Crippen LogP contribution >= 0.6 is 11.6 Å². The Morgan fingerprint density at radius 3 is 2.58 bits per heavy atom. The Balaban J connectivity index is 2.16. The first kappa shape index (κ1) is 13.8. The molecule has 1 N–H and O–H groups in total. The number of aryl methyl sites for hydroxylation is 1. The van der Waals surface area contributed by atoms with Gasteiger partial charge < -0.3 is 9.88 Å². The highest BCUT2D eigenvalue weighted by Gasteiger charge is 2.33. The van der Waals surface area contributed by atoms with E-state index in [4.69, 9.17) is 11.6 Å². The van der Waals surface area contributed by atoms with Gasteiger partial charge in [0.1, 0.15) is 0 Å². The van der Waals surface area contributed by atoms with E-state index in [0.717, 1.165) is 11.8 Å². The summed E-state index contributed by atoms with van der Waals surface area (Å²) in [5.41, 5.74) is 0.535. The first-order valence-electron chi connectivity index (χ1n) is 5.59. The van der Waals surface area contributed by atoms with E-state index in [0.29, 0.717) is 12.2 Å². The first-order chi connectivity index (χ1) is 8.88. The molecule has 2 aromatic rings. The summed E-state index contributed by atoms with van der Waals surface area (Å²) in [6.07, 6.45) is -2.57. The molecular weight excluding hydrogens is 277 g/mol. The number of rotatable bonds is 3. The number of nitrogens with zero attached hydrogens (tertiary/aromatic N) is 1. The van der Waals surface area contributed by atoms with E-state index in [1.54, 1.807) is 0 Å². The average Bonchev–Trinajstić information content (AvgIpc) is 2.72. The van der Waals surface area contributed by atoms with Crippen LogP contribution in [-0.4, -0.2) is 4.57 Å². The highest BCUT2D eigenvalue weighted by molar-refractivity contribution is 6.31. The Morgan fingerprint density at radius 2 is 2.00 bits per heavy atom. The molecule has 0 radical (unpaired) electrons. The highest BCUT2D eigenvalue weighted by atomic mass is 35.5. The Bertz CT molecular complexity index is 576. The summed E-state index contributed by atoms with van der Waals surface area (Å²) >= 11 is 5.55. The number of benzene rings is 1. The third-order valence-corrected chi connectivity index (χ3v) is 3.13. The lowest BCUT2D eigenvalue weighted by Crippen LogP contribution is -2.08. The van der Waals surface area contributed by atoms with Crippen molar-refractivity contribution >= 4 is 17.3 Å². The van der Waals surface area contributed by atoms with Crippen molar-refractivity contribution in [3.8, 4) is 0 Å². The van der Waals surface area contributed by atoms with Crippen LogP contribution in [0, 0.1) is 0 Å². The second-order valence-electron chi connectivity index (χ2n) is 4.16. The van der Waals surface area contributed by atoms with Gasteiger partial charge in [-0.1, -0.05) is 11.6 Å². The van der Waals surface area contributed by atoms with Crippen molar-refractivity contribution in [2.45, 2.75) is 12.7 Å². The zero-order chi connectivity index (χ0) is 14.0. The number of hydrogen-bond acceptors (Lipinski definition) is 1. The second-order valence-corrected chi connectivity index (χ2v) is 4.56. The van der Waals surface area contributed by atoms with Crippen LogP contribution in [0.2, 0.25) is 5.02 Å². The van der Waals surface area contributed by atoms with E-state index in [2.05, 4.69) is 5.32 Å². The molecule has 6 heteroatoms. The van der Waals surface area contributed by atoms with Crippen molar-refractivity contribution in [1.82, 2.24) is 4.57 Å². The number of nitrogens with one attached hydrogen (secondary N) is 1. The van der Waals surface area contributed by atoms with Crippen molar-refractivity contribution in [3.05, 3.63) is 52.8 Å². The van der Waals surface area contributed by atoms with Gasteiger partial charge in [-0.3, -0.25) is 0 Å². The molecule has 0 amide bonds. The molecule has 102 valence electrons. The van der Waals surface area contributed by atoms with Crippen LogP contribution in [0.5, 0.6) is 0 Å². The molecule has 1 aromatic carbocycles. The molecule has 0 bridgehead atoms. The van der Waals surface area contributed by atoms with Gasteiger partial charge in [0.25, 0.3) is 0 Å². The van der Waals surface area contributed by atoms with Crippen LogP contribution in [0.3, 0.4) is 0 Å². The predicted octanol–water partition coefficient (Wildman–Crippen LogP) is 4.31. The fraction of sp³-hybridized carbons (Fsp3) is 0.231. The van der Waals surface area contributed by atoms with E-state index in [1.807, 2.05) is 29.9 Å². The summed E-state index contributed by atoms with van der Waals surface area (Å²) in [4.78, 5) is 0. The monoisotopic (exact) mass is 288 g/mol. The second kappa shape index (κ2) is 5.17. The van der Waals surface area contributed by atoms with Crippen LogP contribution in [0.15, 0.2) is 36.5 Å². The smallest absolute Gasteiger partial charge is 0.379 e. The molecule has 1 aromatic heterocycles. The fourth-order valence-electron chi connectivity index (χ4n) is 1.73. The highest BCUT2D eigenvalue weighted by Crippen LogP contribution is 2.36. The minimum Gasteiger partial charge on any atom is -0.379 e. The first-order valence-corrected chi connectivity index (χ1v) is 5.96. The maximum absolute atomic E-state index is 12.7. The van der Waals surface area contributed by atoms with E-state index in [9.17, 15) is 13.2 Å². The zero-order valence-corrected chi connectivity index (χ0v) is 10.9.